The number of carboxylic acids is 1. The minimum absolute atomic E-state index is 0.152. The fraction of sp³-hybridized carbons (Fsp3) is 0.278. The Balaban J connectivity index is 2.16. The molecule has 24 heavy (non-hydrogen) atoms. The molecular weight excluding hydrogens is 304 g/mol. The van der Waals surface area contributed by atoms with Crippen LogP contribution in [-0.2, 0) is 5.41 Å². The number of hydrogen-bond acceptors (Lipinski definition) is 4. The lowest BCUT2D eigenvalue weighted by Crippen LogP contribution is -2.12. The SMILES string of the molecule is CNc1ccc2cc(-n3nc(C(C)(C)C)cc3C(=O)O)ccc2n1. The van der Waals surface area contributed by atoms with Crippen molar-refractivity contribution in [2.75, 3.05) is 12.4 Å². The fourth-order valence-electron chi connectivity index (χ4n) is 2.48. The van der Waals surface area contributed by atoms with Crippen LogP contribution in [0.5, 0.6) is 0 Å². The van der Waals surface area contributed by atoms with Crippen LogP contribution in [0.25, 0.3) is 16.6 Å². The number of benzene rings is 1. The van der Waals surface area contributed by atoms with Gasteiger partial charge in [0, 0.05) is 17.8 Å². The van der Waals surface area contributed by atoms with Gasteiger partial charge in [0.2, 0.25) is 0 Å². The molecule has 124 valence electrons. The van der Waals surface area contributed by atoms with Crippen LogP contribution in [0.1, 0.15) is 37.0 Å². The predicted octanol–water partition coefficient (Wildman–Crippen LogP) is 3.46. The summed E-state index contributed by atoms with van der Waals surface area (Å²) >= 11 is 0. The lowest BCUT2D eigenvalue weighted by Gasteiger charge is -2.14. The van der Waals surface area contributed by atoms with E-state index >= 15 is 0 Å². The average molecular weight is 324 g/mol. The van der Waals surface area contributed by atoms with Crippen molar-refractivity contribution in [1.29, 1.82) is 0 Å². The Morgan fingerprint density at radius 1 is 1.17 bits per heavy atom. The van der Waals surface area contributed by atoms with E-state index in [1.165, 1.54) is 4.68 Å². The zero-order valence-corrected chi connectivity index (χ0v) is 14.2. The van der Waals surface area contributed by atoms with E-state index in [9.17, 15) is 9.90 Å². The van der Waals surface area contributed by atoms with E-state index < -0.39 is 5.97 Å². The predicted molar refractivity (Wildman–Crippen MR) is 94.1 cm³/mol. The third-order valence-electron chi connectivity index (χ3n) is 3.87. The maximum Gasteiger partial charge on any atom is 0.354 e. The second kappa shape index (κ2) is 5.63. The van der Waals surface area contributed by atoms with Gasteiger partial charge in [0.15, 0.2) is 5.69 Å². The highest BCUT2D eigenvalue weighted by molar-refractivity contribution is 5.87. The standard InChI is InChI=1S/C18H20N4O2/c1-18(2,3)15-10-14(17(23)24)22(21-15)12-6-7-13-11(9-12)5-8-16(19-4)20-13/h5-10H,1-4H3,(H,19,20)(H,23,24). The normalized spacial score (nSPS) is 11.7. The van der Waals surface area contributed by atoms with E-state index in [0.717, 1.165) is 22.4 Å². The Bertz CT molecular complexity index is 922. The molecule has 0 aliphatic rings. The first-order valence-corrected chi connectivity index (χ1v) is 7.72. The van der Waals surface area contributed by atoms with Gasteiger partial charge in [-0.05, 0) is 36.4 Å². The Labute approximate surface area is 140 Å². The summed E-state index contributed by atoms with van der Waals surface area (Å²) in [5.41, 5.74) is 2.21. The van der Waals surface area contributed by atoms with Crippen LogP contribution >= 0.6 is 0 Å². The summed E-state index contributed by atoms with van der Waals surface area (Å²) in [5, 5.41) is 18.0. The van der Waals surface area contributed by atoms with Gasteiger partial charge in [-0.3, -0.25) is 0 Å². The van der Waals surface area contributed by atoms with Crippen molar-refractivity contribution in [3.05, 3.63) is 47.8 Å². The molecule has 0 radical (unpaired) electrons. The average Bonchev–Trinajstić information content (AvgIpc) is 2.99. The first-order chi connectivity index (χ1) is 11.3. The third kappa shape index (κ3) is 2.82. The Hall–Kier alpha value is -2.89. The summed E-state index contributed by atoms with van der Waals surface area (Å²) < 4.78 is 1.48. The van der Waals surface area contributed by atoms with Crippen LogP contribution in [0.2, 0.25) is 0 Å². The van der Waals surface area contributed by atoms with Crippen LogP contribution in [0.15, 0.2) is 36.4 Å². The van der Waals surface area contributed by atoms with Crippen molar-refractivity contribution in [3.63, 3.8) is 0 Å². The minimum Gasteiger partial charge on any atom is -0.477 e. The van der Waals surface area contributed by atoms with Gasteiger partial charge in [-0.15, -0.1) is 0 Å². The first kappa shape index (κ1) is 16.0. The monoisotopic (exact) mass is 324 g/mol. The topological polar surface area (TPSA) is 80.0 Å². The molecular formula is C18H20N4O2. The molecule has 3 rings (SSSR count). The zero-order valence-electron chi connectivity index (χ0n) is 14.2. The van der Waals surface area contributed by atoms with Gasteiger partial charge in [0.1, 0.15) is 5.82 Å². The van der Waals surface area contributed by atoms with Gasteiger partial charge >= 0.3 is 5.97 Å². The number of hydrogen-bond donors (Lipinski definition) is 2. The number of rotatable bonds is 3. The van der Waals surface area contributed by atoms with E-state index in [0.29, 0.717) is 5.69 Å². The summed E-state index contributed by atoms with van der Waals surface area (Å²) in [5.74, 6) is -0.211. The van der Waals surface area contributed by atoms with Gasteiger partial charge in [-0.2, -0.15) is 5.10 Å². The second-order valence-corrected chi connectivity index (χ2v) is 6.71. The van der Waals surface area contributed by atoms with Crippen molar-refractivity contribution in [1.82, 2.24) is 14.8 Å². The number of carbonyl (C=O) groups is 1. The molecule has 2 aromatic heterocycles. The maximum atomic E-state index is 11.6. The third-order valence-corrected chi connectivity index (χ3v) is 3.87. The van der Waals surface area contributed by atoms with E-state index in [4.69, 9.17) is 0 Å². The Kier molecular flexibility index (Phi) is 3.75. The molecule has 0 aliphatic carbocycles. The highest BCUT2D eigenvalue weighted by Crippen LogP contribution is 2.25. The van der Waals surface area contributed by atoms with Crippen molar-refractivity contribution >= 4 is 22.7 Å². The van der Waals surface area contributed by atoms with Gasteiger partial charge in [0.05, 0.1) is 16.9 Å². The van der Waals surface area contributed by atoms with Crippen molar-refractivity contribution in [2.24, 2.45) is 0 Å². The molecule has 6 nitrogen and oxygen atoms in total. The highest BCUT2D eigenvalue weighted by atomic mass is 16.4. The zero-order chi connectivity index (χ0) is 17.5. The van der Waals surface area contributed by atoms with Gasteiger partial charge in [0.25, 0.3) is 0 Å². The smallest absolute Gasteiger partial charge is 0.354 e. The van der Waals surface area contributed by atoms with Gasteiger partial charge < -0.3 is 10.4 Å². The molecule has 6 heteroatoms. The van der Waals surface area contributed by atoms with Crippen LogP contribution in [0.4, 0.5) is 5.82 Å². The largest absolute Gasteiger partial charge is 0.477 e. The van der Waals surface area contributed by atoms with Crippen LogP contribution in [0.3, 0.4) is 0 Å². The Morgan fingerprint density at radius 2 is 1.92 bits per heavy atom. The molecule has 0 saturated carbocycles. The summed E-state index contributed by atoms with van der Waals surface area (Å²) in [7, 11) is 1.82. The van der Waals surface area contributed by atoms with Crippen LogP contribution in [0, 0.1) is 0 Å². The number of aromatic carboxylic acids is 1. The van der Waals surface area contributed by atoms with Crippen molar-refractivity contribution < 1.29 is 9.90 Å². The quantitative estimate of drug-likeness (QED) is 0.771. The fourth-order valence-corrected chi connectivity index (χ4v) is 2.48. The molecule has 2 heterocycles. The molecule has 2 N–H and O–H groups in total. The van der Waals surface area contributed by atoms with Gasteiger partial charge in [-0.1, -0.05) is 20.8 Å². The number of nitrogens with zero attached hydrogens (tertiary/aromatic N) is 3. The first-order valence-electron chi connectivity index (χ1n) is 7.72. The lowest BCUT2D eigenvalue weighted by molar-refractivity contribution is 0.0687. The van der Waals surface area contributed by atoms with E-state index in [2.05, 4.69) is 15.4 Å². The van der Waals surface area contributed by atoms with Crippen LogP contribution < -0.4 is 5.32 Å². The number of fused-ring (bicyclic) bond motifs is 1. The van der Waals surface area contributed by atoms with E-state index in [1.54, 1.807) is 6.07 Å². The summed E-state index contributed by atoms with van der Waals surface area (Å²) in [6.07, 6.45) is 0. The number of nitrogens with one attached hydrogen (secondary N) is 1. The number of aromatic nitrogens is 3. The summed E-state index contributed by atoms with van der Waals surface area (Å²) in [4.78, 5) is 16.1. The molecule has 0 unspecified atom stereocenters. The molecule has 0 saturated heterocycles. The molecule has 1 aromatic carbocycles. The molecule has 0 bridgehead atoms. The Morgan fingerprint density at radius 3 is 2.54 bits per heavy atom. The number of pyridine rings is 1. The molecule has 3 aromatic rings. The van der Waals surface area contributed by atoms with Crippen molar-refractivity contribution in [3.8, 4) is 5.69 Å². The van der Waals surface area contributed by atoms with Gasteiger partial charge in [-0.25, -0.2) is 14.5 Å². The second-order valence-electron chi connectivity index (χ2n) is 6.71. The van der Waals surface area contributed by atoms with E-state index in [1.807, 2.05) is 58.2 Å². The molecule has 0 amide bonds. The molecule has 0 fully saturated rings. The van der Waals surface area contributed by atoms with E-state index in [-0.39, 0.29) is 11.1 Å². The number of anilines is 1. The maximum absolute atomic E-state index is 11.6. The summed E-state index contributed by atoms with van der Waals surface area (Å²) in [6.45, 7) is 6.03. The molecule has 0 atom stereocenters. The lowest BCUT2D eigenvalue weighted by atomic mass is 9.92. The minimum atomic E-state index is -0.998. The molecule has 0 spiro atoms. The summed E-state index contributed by atoms with van der Waals surface area (Å²) in [6, 6.07) is 11.1. The number of carboxylic acid groups (broad SMARTS) is 1. The molecule has 0 aliphatic heterocycles. The van der Waals surface area contributed by atoms with Crippen molar-refractivity contribution in [2.45, 2.75) is 26.2 Å². The van der Waals surface area contributed by atoms with Crippen LogP contribution in [-0.4, -0.2) is 32.9 Å². The highest BCUT2D eigenvalue weighted by Gasteiger charge is 2.23.